The minimum Gasteiger partial charge on any atom is -0.377 e. The van der Waals surface area contributed by atoms with Gasteiger partial charge >= 0.3 is 0 Å². The van der Waals surface area contributed by atoms with E-state index in [0.29, 0.717) is 44.5 Å². The predicted molar refractivity (Wildman–Crippen MR) is 96.6 cm³/mol. The van der Waals surface area contributed by atoms with Crippen molar-refractivity contribution in [3.05, 3.63) is 53.9 Å². The summed E-state index contributed by atoms with van der Waals surface area (Å²) in [5.74, 6) is 0.204. The number of benzene rings is 1. The third-order valence-corrected chi connectivity index (χ3v) is 5.40. The molecule has 1 aromatic heterocycles. The van der Waals surface area contributed by atoms with E-state index in [2.05, 4.69) is 4.98 Å². The Hall–Kier alpha value is -2.25. The fraction of sp³-hybridized carbons (Fsp3) is 0.500. The summed E-state index contributed by atoms with van der Waals surface area (Å²) >= 11 is 0. The zero-order valence-corrected chi connectivity index (χ0v) is 15.4. The summed E-state index contributed by atoms with van der Waals surface area (Å²) in [5, 5.41) is 0. The number of likely N-dealkylation sites (tertiary alicyclic amines) is 1. The Balaban J connectivity index is 1.19. The number of aromatic nitrogens is 2. The van der Waals surface area contributed by atoms with Gasteiger partial charge in [-0.15, -0.1) is 0 Å². The van der Waals surface area contributed by atoms with Crippen LogP contribution < -0.4 is 0 Å². The van der Waals surface area contributed by atoms with Crippen LogP contribution in [0.5, 0.6) is 0 Å². The molecule has 2 aromatic rings. The molecule has 0 aliphatic carbocycles. The van der Waals surface area contributed by atoms with E-state index in [-0.39, 0.29) is 17.3 Å². The van der Waals surface area contributed by atoms with Gasteiger partial charge in [0.05, 0.1) is 38.8 Å². The standard InChI is InChI=1S/C20H24FN3O3/c1-23-14-22-9-18(23)19(25)24-12-20(13-24)8-16(11-27-20)5-6-26-10-15-3-2-4-17(21)7-15/h2-4,7,9,14,16H,5-6,8,10-13H2,1H3. The van der Waals surface area contributed by atoms with Crippen LogP contribution in [-0.4, -0.2) is 52.3 Å². The van der Waals surface area contributed by atoms with Crippen molar-refractivity contribution in [3.8, 4) is 0 Å². The molecule has 2 aliphatic rings. The average Bonchev–Trinajstić information content (AvgIpc) is 3.23. The van der Waals surface area contributed by atoms with Crippen molar-refractivity contribution in [1.82, 2.24) is 14.5 Å². The van der Waals surface area contributed by atoms with E-state index in [9.17, 15) is 9.18 Å². The van der Waals surface area contributed by atoms with Crippen LogP contribution >= 0.6 is 0 Å². The molecule has 3 heterocycles. The first-order valence-electron chi connectivity index (χ1n) is 9.26. The van der Waals surface area contributed by atoms with Gasteiger partial charge in [-0.1, -0.05) is 12.1 Å². The Morgan fingerprint density at radius 2 is 2.30 bits per heavy atom. The Morgan fingerprint density at radius 3 is 3.04 bits per heavy atom. The topological polar surface area (TPSA) is 56.6 Å². The minimum atomic E-state index is -0.238. The predicted octanol–water partition coefficient (Wildman–Crippen LogP) is 2.40. The number of aryl methyl sites for hydroxylation is 1. The molecule has 1 aromatic carbocycles. The van der Waals surface area contributed by atoms with Crippen LogP contribution in [0.1, 0.15) is 28.9 Å². The highest BCUT2D eigenvalue weighted by Crippen LogP contribution is 2.39. The molecule has 0 N–H and O–H groups in total. The average molecular weight is 373 g/mol. The monoisotopic (exact) mass is 373 g/mol. The minimum absolute atomic E-state index is 0.00565. The van der Waals surface area contributed by atoms with Crippen molar-refractivity contribution in [2.45, 2.75) is 25.0 Å². The van der Waals surface area contributed by atoms with E-state index in [1.165, 1.54) is 12.1 Å². The first-order valence-corrected chi connectivity index (χ1v) is 9.26. The third kappa shape index (κ3) is 3.89. The van der Waals surface area contributed by atoms with Crippen LogP contribution in [0.15, 0.2) is 36.8 Å². The molecule has 2 fully saturated rings. The lowest BCUT2D eigenvalue weighted by molar-refractivity contribution is -0.0952. The zero-order chi connectivity index (χ0) is 18.9. The summed E-state index contributed by atoms with van der Waals surface area (Å²) in [7, 11) is 1.82. The Morgan fingerprint density at radius 1 is 1.44 bits per heavy atom. The van der Waals surface area contributed by atoms with Crippen molar-refractivity contribution in [2.24, 2.45) is 13.0 Å². The lowest BCUT2D eigenvalue weighted by atomic mass is 9.86. The fourth-order valence-electron chi connectivity index (χ4n) is 3.93. The second-order valence-corrected chi connectivity index (χ2v) is 7.59. The molecule has 1 amide bonds. The molecule has 144 valence electrons. The van der Waals surface area contributed by atoms with Gasteiger partial charge in [-0.05, 0) is 36.5 Å². The van der Waals surface area contributed by atoms with E-state index in [4.69, 9.17) is 9.47 Å². The smallest absolute Gasteiger partial charge is 0.272 e. The molecular weight excluding hydrogens is 349 g/mol. The normalized spacial score (nSPS) is 20.8. The van der Waals surface area contributed by atoms with Gasteiger partial charge in [-0.25, -0.2) is 9.37 Å². The highest BCUT2D eigenvalue weighted by molar-refractivity contribution is 5.93. The number of hydrogen-bond acceptors (Lipinski definition) is 4. The van der Waals surface area contributed by atoms with Crippen LogP contribution in [-0.2, 0) is 23.1 Å². The molecule has 1 unspecified atom stereocenters. The Bertz CT molecular complexity index is 816. The number of nitrogens with zero attached hydrogens (tertiary/aromatic N) is 3. The lowest BCUT2D eigenvalue weighted by Gasteiger charge is -2.47. The largest absolute Gasteiger partial charge is 0.377 e. The molecule has 1 atom stereocenters. The maximum atomic E-state index is 13.1. The van der Waals surface area contributed by atoms with E-state index >= 15 is 0 Å². The summed E-state index contributed by atoms with van der Waals surface area (Å²) in [6, 6.07) is 6.48. The van der Waals surface area contributed by atoms with Crippen LogP contribution in [0.2, 0.25) is 0 Å². The second-order valence-electron chi connectivity index (χ2n) is 7.59. The van der Waals surface area contributed by atoms with Crippen LogP contribution in [0.25, 0.3) is 0 Å². The van der Waals surface area contributed by atoms with Gasteiger partial charge < -0.3 is 18.9 Å². The van der Waals surface area contributed by atoms with Crippen molar-refractivity contribution in [2.75, 3.05) is 26.3 Å². The molecule has 1 spiro atoms. The third-order valence-electron chi connectivity index (χ3n) is 5.40. The van der Waals surface area contributed by atoms with Gasteiger partial charge in [-0.2, -0.15) is 0 Å². The summed E-state index contributed by atoms with van der Waals surface area (Å²) in [4.78, 5) is 18.3. The first-order chi connectivity index (χ1) is 13.0. The van der Waals surface area contributed by atoms with E-state index < -0.39 is 0 Å². The molecule has 4 rings (SSSR count). The number of imidazole rings is 1. The van der Waals surface area contributed by atoms with Crippen LogP contribution in [0, 0.1) is 11.7 Å². The van der Waals surface area contributed by atoms with E-state index in [1.807, 2.05) is 18.0 Å². The van der Waals surface area contributed by atoms with E-state index in [0.717, 1.165) is 18.4 Å². The van der Waals surface area contributed by atoms with Gasteiger partial charge in [0.1, 0.15) is 17.1 Å². The number of rotatable bonds is 6. The fourth-order valence-corrected chi connectivity index (χ4v) is 3.93. The van der Waals surface area contributed by atoms with Gasteiger partial charge in [0.25, 0.3) is 5.91 Å². The molecule has 2 saturated heterocycles. The van der Waals surface area contributed by atoms with Gasteiger partial charge in [-0.3, -0.25) is 4.79 Å². The highest BCUT2D eigenvalue weighted by atomic mass is 19.1. The summed E-state index contributed by atoms with van der Waals surface area (Å²) in [6.45, 7) is 3.02. The zero-order valence-electron chi connectivity index (χ0n) is 15.4. The number of carbonyl (C=O) groups is 1. The Labute approximate surface area is 157 Å². The van der Waals surface area contributed by atoms with Crippen LogP contribution in [0.4, 0.5) is 4.39 Å². The molecule has 0 radical (unpaired) electrons. The van der Waals surface area contributed by atoms with Crippen LogP contribution in [0.3, 0.4) is 0 Å². The van der Waals surface area contributed by atoms with Gasteiger partial charge in [0.15, 0.2) is 0 Å². The van der Waals surface area contributed by atoms with Crippen molar-refractivity contribution < 1.29 is 18.7 Å². The highest BCUT2D eigenvalue weighted by Gasteiger charge is 2.51. The second kappa shape index (κ2) is 7.40. The summed E-state index contributed by atoms with van der Waals surface area (Å²) < 4.78 is 26.6. The quantitative estimate of drug-likeness (QED) is 0.730. The molecular formula is C20H24FN3O3. The maximum absolute atomic E-state index is 13.1. The summed E-state index contributed by atoms with van der Waals surface area (Å²) in [6.07, 6.45) is 5.09. The van der Waals surface area contributed by atoms with Crippen molar-refractivity contribution in [3.63, 3.8) is 0 Å². The number of hydrogen-bond donors (Lipinski definition) is 0. The lowest BCUT2D eigenvalue weighted by Crippen LogP contribution is -2.63. The maximum Gasteiger partial charge on any atom is 0.272 e. The SMILES string of the molecule is Cn1cncc1C(=O)N1CC2(CC(CCOCc3cccc(F)c3)CO2)C1. The molecule has 6 nitrogen and oxygen atoms in total. The molecule has 7 heteroatoms. The first kappa shape index (κ1) is 18.1. The Kier molecular flexibility index (Phi) is 4.97. The van der Waals surface area contributed by atoms with Gasteiger partial charge in [0.2, 0.25) is 0 Å². The molecule has 0 bridgehead atoms. The van der Waals surface area contributed by atoms with Crippen molar-refractivity contribution in [1.29, 1.82) is 0 Å². The number of amides is 1. The summed E-state index contributed by atoms with van der Waals surface area (Å²) in [5.41, 5.74) is 1.25. The molecule has 27 heavy (non-hydrogen) atoms. The number of ether oxygens (including phenoxy) is 2. The number of carbonyl (C=O) groups excluding carboxylic acids is 1. The number of halogens is 1. The van der Waals surface area contributed by atoms with E-state index in [1.54, 1.807) is 23.2 Å². The van der Waals surface area contributed by atoms with Crippen molar-refractivity contribution >= 4 is 5.91 Å². The molecule has 0 saturated carbocycles. The van der Waals surface area contributed by atoms with Gasteiger partial charge in [0, 0.05) is 13.7 Å². The molecule has 2 aliphatic heterocycles.